The summed E-state index contributed by atoms with van der Waals surface area (Å²) in [6.07, 6.45) is 0. The molecule has 1 nitrogen and oxygen atoms in total. The average molecular weight is 287 g/mol. The smallest absolute Gasteiger partial charge is 0.203 e. The zero-order chi connectivity index (χ0) is 10.1. The normalized spacial score (nSPS) is 10.4. The number of hydrogen-bond donors (Lipinski definition) is 0. The Morgan fingerprint density at radius 3 is 2.79 bits per heavy atom. The van der Waals surface area contributed by atoms with Gasteiger partial charge < -0.3 is 0 Å². The van der Waals surface area contributed by atoms with Crippen molar-refractivity contribution in [2.24, 2.45) is 0 Å². The highest BCUT2D eigenvalue weighted by Crippen LogP contribution is 2.29. The molecule has 0 aliphatic heterocycles. The quantitative estimate of drug-likeness (QED) is 0.760. The first kappa shape index (κ1) is 10.1. The van der Waals surface area contributed by atoms with Crippen molar-refractivity contribution in [1.29, 1.82) is 0 Å². The largest absolute Gasteiger partial charge is 0.288 e. The molecule has 2 aromatic rings. The van der Waals surface area contributed by atoms with Crippen molar-refractivity contribution in [3.8, 4) is 0 Å². The van der Waals surface area contributed by atoms with E-state index in [0.717, 1.165) is 19.8 Å². The third-order valence-electron chi connectivity index (χ3n) is 1.86. The zero-order valence-corrected chi connectivity index (χ0v) is 10.6. The highest BCUT2D eigenvalue weighted by Gasteiger charge is 2.13. The minimum absolute atomic E-state index is 0.116. The van der Waals surface area contributed by atoms with E-state index in [4.69, 9.17) is 0 Å². The SMILES string of the molecule is Cc1cc(C(=O)c2ccsc2)sc1Br. The summed E-state index contributed by atoms with van der Waals surface area (Å²) in [5.74, 6) is 0.116. The van der Waals surface area contributed by atoms with Gasteiger partial charge in [0, 0.05) is 10.9 Å². The predicted molar refractivity (Wildman–Crippen MR) is 64.5 cm³/mol. The third kappa shape index (κ3) is 1.82. The van der Waals surface area contributed by atoms with Crippen LogP contribution in [0.15, 0.2) is 26.7 Å². The summed E-state index contributed by atoms with van der Waals surface area (Å²) in [5, 5.41) is 3.80. The van der Waals surface area contributed by atoms with Crippen LogP contribution in [-0.2, 0) is 0 Å². The summed E-state index contributed by atoms with van der Waals surface area (Å²) in [5.41, 5.74) is 1.90. The highest BCUT2D eigenvalue weighted by atomic mass is 79.9. The lowest BCUT2D eigenvalue weighted by atomic mass is 10.2. The fourth-order valence-corrected chi connectivity index (χ4v) is 3.24. The molecular weight excluding hydrogens is 280 g/mol. The summed E-state index contributed by atoms with van der Waals surface area (Å²) in [4.78, 5) is 12.7. The molecule has 72 valence electrons. The molecule has 0 aromatic carbocycles. The van der Waals surface area contributed by atoms with E-state index in [1.165, 1.54) is 11.3 Å². The van der Waals surface area contributed by atoms with E-state index in [1.54, 1.807) is 11.3 Å². The van der Waals surface area contributed by atoms with Crippen LogP contribution in [0.2, 0.25) is 0 Å². The molecule has 0 amide bonds. The second-order valence-corrected chi connectivity index (χ2v) is 6.06. The van der Waals surface area contributed by atoms with E-state index >= 15 is 0 Å². The number of carbonyl (C=O) groups is 1. The molecule has 0 aliphatic rings. The molecule has 0 fully saturated rings. The molecule has 0 saturated carbocycles. The third-order valence-corrected chi connectivity index (χ3v) is 4.68. The van der Waals surface area contributed by atoms with E-state index in [2.05, 4.69) is 15.9 Å². The molecular formula is C10H7BrOS2. The van der Waals surface area contributed by atoms with Crippen molar-refractivity contribution in [3.63, 3.8) is 0 Å². The van der Waals surface area contributed by atoms with Gasteiger partial charge in [0.05, 0.1) is 8.66 Å². The van der Waals surface area contributed by atoms with Crippen LogP contribution < -0.4 is 0 Å². The van der Waals surface area contributed by atoms with Crippen LogP contribution in [0.25, 0.3) is 0 Å². The molecule has 4 heteroatoms. The maximum Gasteiger partial charge on any atom is 0.203 e. The summed E-state index contributed by atoms with van der Waals surface area (Å²) >= 11 is 6.45. The Balaban J connectivity index is 2.37. The molecule has 0 aliphatic carbocycles. The van der Waals surface area contributed by atoms with Crippen molar-refractivity contribution in [3.05, 3.63) is 42.7 Å². The lowest BCUT2D eigenvalue weighted by molar-refractivity contribution is 0.104. The molecule has 2 aromatic heterocycles. The molecule has 0 unspecified atom stereocenters. The summed E-state index contributed by atoms with van der Waals surface area (Å²) < 4.78 is 1.04. The van der Waals surface area contributed by atoms with Crippen LogP contribution in [0.1, 0.15) is 20.8 Å². The van der Waals surface area contributed by atoms with Crippen molar-refractivity contribution in [1.82, 2.24) is 0 Å². The van der Waals surface area contributed by atoms with E-state index in [1.807, 2.05) is 29.8 Å². The lowest BCUT2D eigenvalue weighted by Gasteiger charge is -1.90. The first-order valence-electron chi connectivity index (χ1n) is 4.01. The van der Waals surface area contributed by atoms with Crippen LogP contribution in [0.3, 0.4) is 0 Å². The number of carbonyl (C=O) groups excluding carboxylic acids is 1. The number of thiophene rings is 2. The van der Waals surface area contributed by atoms with Crippen molar-refractivity contribution in [2.75, 3.05) is 0 Å². The van der Waals surface area contributed by atoms with E-state index in [0.29, 0.717) is 0 Å². The summed E-state index contributed by atoms with van der Waals surface area (Å²) in [7, 11) is 0. The Hall–Kier alpha value is -0.450. The fraction of sp³-hybridized carbons (Fsp3) is 0.100. The molecule has 0 atom stereocenters. The van der Waals surface area contributed by atoms with Crippen molar-refractivity contribution in [2.45, 2.75) is 6.92 Å². The Labute approximate surface area is 98.5 Å². The number of aryl methyl sites for hydroxylation is 1. The van der Waals surface area contributed by atoms with Crippen molar-refractivity contribution >= 4 is 44.4 Å². The Morgan fingerprint density at radius 1 is 1.50 bits per heavy atom. The highest BCUT2D eigenvalue weighted by molar-refractivity contribution is 9.11. The van der Waals surface area contributed by atoms with Crippen LogP contribution in [-0.4, -0.2) is 5.78 Å². The minimum Gasteiger partial charge on any atom is -0.288 e. The van der Waals surface area contributed by atoms with Crippen molar-refractivity contribution < 1.29 is 4.79 Å². The standard InChI is InChI=1S/C10H7BrOS2/c1-6-4-8(14-10(6)11)9(12)7-2-3-13-5-7/h2-5H,1H3. The van der Waals surface area contributed by atoms with Gasteiger partial charge in [0.25, 0.3) is 0 Å². The Kier molecular flexibility index (Phi) is 2.85. The van der Waals surface area contributed by atoms with Gasteiger partial charge in [0.2, 0.25) is 5.78 Å². The molecule has 0 radical (unpaired) electrons. The van der Waals surface area contributed by atoms with Crippen LogP contribution in [0.5, 0.6) is 0 Å². The van der Waals surface area contributed by atoms with Gasteiger partial charge in [0.15, 0.2) is 0 Å². The van der Waals surface area contributed by atoms with Crippen LogP contribution in [0.4, 0.5) is 0 Å². The van der Waals surface area contributed by atoms with Gasteiger partial charge in [-0.05, 0) is 45.9 Å². The average Bonchev–Trinajstić information content (AvgIpc) is 2.76. The monoisotopic (exact) mass is 286 g/mol. The van der Waals surface area contributed by atoms with Gasteiger partial charge in [-0.2, -0.15) is 11.3 Å². The molecule has 0 bridgehead atoms. The van der Waals surface area contributed by atoms with Crippen LogP contribution >= 0.6 is 38.6 Å². The van der Waals surface area contributed by atoms with Gasteiger partial charge >= 0.3 is 0 Å². The topological polar surface area (TPSA) is 17.1 Å². The maximum atomic E-state index is 11.9. The first-order valence-corrected chi connectivity index (χ1v) is 6.56. The molecule has 2 heterocycles. The zero-order valence-electron chi connectivity index (χ0n) is 7.41. The maximum absolute atomic E-state index is 11.9. The van der Waals surface area contributed by atoms with E-state index < -0.39 is 0 Å². The van der Waals surface area contributed by atoms with Gasteiger partial charge in [-0.15, -0.1) is 11.3 Å². The number of halogens is 1. The van der Waals surface area contributed by atoms with E-state index in [9.17, 15) is 4.79 Å². The van der Waals surface area contributed by atoms with Gasteiger partial charge in [0.1, 0.15) is 0 Å². The molecule has 0 N–H and O–H groups in total. The Morgan fingerprint density at radius 2 is 2.29 bits per heavy atom. The molecule has 0 saturated heterocycles. The number of ketones is 1. The minimum atomic E-state index is 0.116. The first-order chi connectivity index (χ1) is 6.68. The van der Waals surface area contributed by atoms with Gasteiger partial charge in [-0.3, -0.25) is 4.79 Å². The fourth-order valence-electron chi connectivity index (χ4n) is 1.11. The van der Waals surface area contributed by atoms with Gasteiger partial charge in [-0.1, -0.05) is 0 Å². The summed E-state index contributed by atoms with van der Waals surface area (Å²) in [6, 6.07) is 3.78. The molecule has 14 heavy (non-hydrogen) atoms. The summed E-state index contributed by atoms with van der Waals surface area (Å²) in [6.45, 7) is 1.99. The van der Waals surface area contributed by atoms with Crippen LogP contribution in [0, 0.1) is 6.92 Å². The van der Waals surface area contributed by atoms with E-state index in [-0.39, 0.29) is 5.78 Å². The molecule has 2 rings (SSSR count). The lowest BCUT2D eigenvalue weighted by Crippen LogP contribution is -1.95. The second-order valence-electron chi connectivity index (χ2n) is 2.91. The second kappa shape index (κ2) is 3.96. The van der Waals surface area contributed by atoms with Gasteiger partial charge in [-0.25, -0.2) is 0 Å². The Bertz CT molecular complexity index is 437. The number of rotatable bonds is 2. The number of hydrogen-bond acceptors (Lipinski definition) is 3. The predicted octanol–water partition coefficient (Wildman–Crippen LogP) is 4.11. The molecule has 0 spiro atoms.